The van der Waals surface area contributed by atoms with E-state index in [9.17, 15) is 9.90 Å². The molecule has 2 rings (SSSR count). The lowest BCUT2D eigenvalue weighted by molar-refractivity contribution is -0.117. The molecule has 0 aliphatic rings. The van der Waals surface area contributed by atoms with Crippen LogP contribution in [0.2, 0.25) is 0 Å². The predicted octanol–water partition coefficient (Wildman–Crippen LogP) is 2.18. The summed E-state index contributed by atoms with van der Waals surface area (Å²) in [6, 6.07) is 5.51. The third kappa shape index (κ3) is 4.01. The van der Waals surface area contributed by atoms with Gasteiger partial charge >= 0.3 is 0 Å². The first-order chi connectivity index (χ1) is 9.58. The molecule has 5 heteroatoms. The van der Waals surface area contributed by atoms with Crippen molar-refractivity contribution in [3.63, 3.8) is 0 Å². The number of nitrogens with one attached hydrogen (secondary N) is 1. The van der Waals surface area contributed by atoms with Crippen molar-refractivity contribution in [1.29, 1.82) is 0 Å². The maximum absolute atomic E-state index is 11.7. The Kier molecular flexibility index (Phi) is 4.65. The summed E-state index contributed by atoms with van der Waals surface area (Å²) in [6.45, 7) is 1.85. The van der Waals surface area contributed by atoms with Crippen LogP contribution in [-0.2, 0) is 10.4 Å². The van der Waals surface area contributed by atoms with Gasteiger partial charge in [0.25, 0.3) is 0 Å². The molecule has 1 unspecified atom stereocenters. The molecule has 104 valence electrons. The standard InChI is InChI=1S/C15H16N2O2S/c1-15(19,13-6-8-20-10-13)11-17-14(18)5-4-12-3-2-7-16-9-12/h2-10,19H,11H2,1H3,(H,17,18)/b5-4+. The lowest BCUT2D eigenvalue weighted by Crippen LogP contribution is -2.37. The van der Waals surface area contributed by atoms with Gasteiger partial charge in [-0.2, -0.15) is 11.3 Å². The molecule has 4 nitrogen and oxygen atoms in total. The number of rotatable bonds is 5. The van der Waals surface area contributed by atoms with Gasteiger partial charge in [-0.3, -0.25) is 9.78 Å². The maximum atomic E-state index is 11.7. The average molecular weight is 288 g/mol. The molecule has 0 bridgehead atoms. The van der Waals surface area contributed by atoms with Gasteiger partial charge < -0.3 is 10.4 Å². The fourth-order valence-corrected chi connectivity index (χ4v) is 2.42. The molecule has 2 aromatic heterocycles. The molecule has 2 N–H and O–H groups in total. The molecule has 1 amide bonds. The molecule has 20 heavy (non-hydrogen) atoms. The second kappa shape index (κ2) is 6.45. The van der Waals surface area contributed by atoms with Gasteiger partial charge in [-0.05, 0) is 47.0 Å². The van der Waals surface area contributed by atoms with Crippen molar-refractivity contribution >= 4 is 23.3 Å². The molecule has 2 aromatic rings. The minimum absolute atomic E-state index is 0.167. The van der Waals surface area contributed by atoms with Crippen molar-refractivity contribution in [2.45, 2.75) is 12.5 Å². The predicted molar refractivity (Wildman–Crippen MR) is 80.2 cm³/mol. The summed E-state index contributed by atoms with van der Waals surface area (Å²) >= 11 is 1.51. The highest BCUT2D eigenvalue weighted by Gasteiger charge is 2.23. The molecule has 0 saturated heterocycles. The van der Waals surface area contributed by atoms with Gasteiger partial charge in [0.2, 0.25) is 5.91 Å². The SMILES string of the molecule is CC(O)(CNC(=O)/C=C/c1cccnc1)c1ccsc1. The second-order valence-electron chi connectivity index (χ2n) is 4.62. The van der Waals surface area contributed by atoms with Gasteiger partial charge in [0.1, 0.15) is 5.60 Å². The average Bonchev–Trinajstić information content (AvgIpc) is 2.99. The van der Waals surface area contributed by atoms with Crippen molar-refractivity contribution in [3.8, 4) is 0 Å². The van der Waals surface area contributed by atoms with Crippen LogP contribution < -0.4 is 5.32 Å². The zero-order valence-electron chi connectivity index (χ0n) is 11.1. The third-order valence-corrected chi connectivity index (χ3v) is 3.54. The van der Waals surface area contributed by atoms with Gasteiger partial charge in [0.15, 0.2) is 0 Å². The van der Waals surface area contributed by atoms with E-state index in [0.29, 0.717) is 0 Å². The number of pyridine rings is 1. The Bertz CT molecular complexity index is 577. The molecule has 0 aliphatic heterocycles. The highest BCUT2D eigenvalue weighted by atomic mass is 32.1. The van der Waals surface area contributed by atoms with E-state index in [4.69, 9.17) is 0 Å². The fraction of sp³-hybridized carbons (Fsp3) is 0.200. The summed E-state index contributed by atoms with van der Waals surface area (Å²) in [5.74, 6) is -0.246. The van der Waals surface area contributed by atoms with Crippen LogP contribution >= 0.6 is 11.3 Å². The Morgan fingerprint density at radius 3 is 3.05 bits per heavy atom. The second-order valence-corrected chi connectivity index (χ2v) is 5.40. The quantitative estimate of drug-likeness (QED) is 0.829. The largest absolute Gasteiger partial charge is 0.384 e. The van der Waals surface area contributed by atoms with E-state index >= 15 is 0 Å². The number of amides is 1. The Hall–Kier alpha value is -1.98. The Morgan fingerprint density at radius 2 is 2.40 bits per heavy atom. The van der Waals surface area contributed by atoms with E-state index in [1.54, 1.807) is 31.5 Å². The summed E-state index contributed by atoms with van der Waals surface area (Å²) in [4.78, 5) is 15.7. The summed E-state index contributed by atoms with van der Waals surface area (Å²) in [5.41, 5.74) is 0.601. The van der Waals surface area contributed by atoms with Crippen molar-refractivity contribution in [2.24, 2.45) is 0 Å². The monoisotopic (exact) mass is 288 g/mol. The number of carbonyl (C=O) groups excluding carboxylic acids is 1. The molecule has 0 aromatic carbocycles. The van der Waals surface area contributed by atoms with E-state index < -0.39 is 5.60 Å². The van der Waals surface area contributed by atoms with Crippen LogP contribution in [0.15, 0.2) is 47.4 Å². The van der Waals surface area contributed by atoms with E-state index in [1.807, 2.05) is 22.9 Å². The van der Waals surface area contributed by atoms with Gasteiger partial charge in [0.05, 0.1) is 6.54 Å². The van der Waals surface area contributed by atoms with E-state index in [-0.39, 0.29) is 12.5 Å². The lowest BCUT2D eigenvalue weighted by Gasteiger charge is -2.22. The van der Waals surface area contributed by atoms with Crippen LogP contribution in [0.25, 0.3) is 6.08 Å². The zero-order chi connectivity index (χ0) is 14.4. The van der Waals surface area contributed by atoms with E-state index in [0.717, 1.165) is 11.1 Å². The summed E-state index contributed by atoms with van der Waals surface area (Å²) in [7, 11) is 0. The molecule has 2 heterocycles. The Labute approximate surface area is 121 Å². The van der Waals surface area contributed by atoms with Crippen LogP contribution in [0.4, 0.5) is 0 Å². The van der Waals surface area contributed by atoms with Gasteiger partial charge in [-0.1, -0.05) is 6.07 Å². The number of aromatic nitrogens is 1. The number of nitrogens with zero attached hydrogens (tertiary/aromatic N) is 1. The molecule has 0 spiro atoms. The zero-order valence-corrected chi connectivity index (χ0v) is 11.9. The fourth-order valence-electron chi connectivity index (χ4n) is 1.64. The highest BCUT2D eigenvalue weighted by Crippen LogP contribution is 2.21. The first kappa shape index (κ1) is 14.4. The molecule has 1 atom stereocenters. The first-order valence-electron chi connectivity index (χ1n) is 6.19. The maximum Gasteiger partial charge on any atom is 0.244 e. The summed E-state index contributed by atoms with van der Waals surface area (Å²) in [5, 5.41) is 16.7. The lowest BCUT2D eigenvalue weighted by atomic mass is 9.99. The number of thiophene rings is 1. The molecule has 0 radical (unpaired) electrons. The van der Waals surface area contributed by atoms with Crippen molar-refractivity contribution < 1.29 is 9.90 Å². The van der Waals surface area contributed by atoms with Gasteiger partial charge in [0, 0.05) is 18.5 Å². The highest BCUT2D eigenvalue weighted by molar-refractivity contribution is 7.08. The van der Waals surface area contributed by atoms with Crippen LogP contribution in [-0.4, -0.2) is 22.5 Å². The number of carbonyl (C=O) groups is 1. The minimum atomic E-state index is -1.06. The van der Waals surface area contributed by atoms with Crippen molar-refractivity contribution in [1.82, 2.24) is 10.3 Å². The van der Waals surface area contributed by atoms with Crippen molar-refractivity contribution in [3.05, 3.63) is 58.6 Å². The van der Waals surface area contributed by atoms with Gasteiger partial charge in [-0.15, -0.1) is 0 Å². The van der Waals surface area contributed by atoms with E-state index in [1.165, 1.54) is 17.4 Å². The summed E-state index contributed by atoms with van der Waals surface area (Å²) in [6.07, 6.45) is 6.46. The Balaban J connectivity index is 1.88. The van der Waals surface area contributed by atoms with Crippen LogP contribution in [0.1, 0.15) is 18.1 Å². The number of hydrogen-bond acceptors (Lipinski definition) is 4. The minimum Gasteiger partial charge on any atom is -0.384 e. The van der Waals surface area contributed by atoms with Gasteiger partial charge in [-0.25, -0.2) is 0 Å². The molecule has 0 fully saturated rings. The van der Waals surface area contributed by atoms with Crippen LogP contribution in [0.3, 0.4) is 0 Å². The topological polar surface area (TPSA) is 62.2 Å². The normalized spacial score (nSPS) is 14.1. The molecular formula is C15H16N2O2S. The Morgan fingerprint density at radius 1 is 1.55 bits per heavy atom. The third-order valence-electron chi connectivity index (χ3n) is 2.86. The number of aliphatic hydroxyl groups is 1. The van der Waals surface area contributed by atoms with Crippen molar-refractivity contribution in [2.75, 3.05) is 6.54 Å². The molecule has 0 aliphatic carbocycles. The van der Waals surface area contributed by atoms with E-state index in [2.05, 4.69) is 10.3 Å². The van der Waals surface area contributed by atoms with Crippen LogP contribution in [0, 0.1) is 0 Å². The first-order valence-corrected chi connectivity index (χ1v) is 7.13. The summed E-state index contributed by atoms with van der Waals surface area (Å²) < 4.78 is 0. The smallest absolute Gasteiger partial charge is 0.244 e. The van der Waals surface area contributed by atoms with Crippen LogP contribution in [0.5, 0.6) is 0 Å². The molecular weight excluding hydrogens is 272 g/mol. The number of hydrogen-bond donors (Lipinski definition) is 2. The molecule has 0 saturated carbocycles.